The van der Waals surface area contributed by atoms with Crippen LogP contribution in [0, 0.1) is 0 Å². The number of hydrogen-bond acceptors (Lipinski definition) is 3. The van der Waals surface area contributed by atoms with E-state index in [1.807, 2.05) is 0 Å². The largest absolute Gasteiger partial charge is 0.444 e. The zero-order valence-corrected chi connectivity index (χ0v) is 12.6. The lowest BCUT2D eigenvalue weighted by atomic mass is 10.0. The van der Waals surface area contributed by atoms with Crippen LogP contribution in [0.4, 0.5) is 18.0 Å². The Morgan fingerprint density at radius 3 is 2.36 bits per heavy atom. The molecule has 0 saturated heterocycles. The van der Waals surface area contributed by atoms with Gasteiger partial charge in [-0.15, -0.1) is 0 Å². The third-order valence-corrected chi connectivity index (χ3v) is 2.56. The van der Waals surface area contributed by atoms with Crippen molar-refractivity contribution < 1.29 is 27.5 Å². The first kappa shape index (κ1) is 18.0. The summed E-state index contributed by atoms with van der Waals surface area (Å²) in [5, 5.41) is 2.45. The highest BCUT2D eigenvalue weighted by atomic mass is 19.4. The Labute approximate surface area is 126 Å². The minimum Gasteiger partial charge on any atom is -0.444 e. The van der Waals surface area contributed by atoms with Crippen molar-refractivity contribution in [3.05, 3.63) is 34.9 Å². The van der Waals surface area contributed by atoms with Gasteiger partial charge in [0.2, 0.25) is 0 Å². The summed E-state index contributed by atoms with van der Waals surface area (Å²) in [6.07, 6.45) is -4.65. The predicted octanol–water partition coefficient (Wildman–Crippen LogP) is 3.59. The molecule has 0 aliphatic carbocycles. The van der Waals surface area contributed by atoms with E-state index in [9.17, 15) is 22.8 Å². The molecular weight excluding hydrogens is 299 g/mol. The van der Waals surface area contributed by atoms with Crippen LogP contribution in [0.15, 0.2) is 18.2 Å². The van der Waals surface area contributed by atoms with Crippen molar-refractivity contribution in [2.45, 2.75) is 39.0 Å². The summed E-state index contributed by atoms with van der Waals surface area (Å²) in [6, 6.07) is 3.11. The Morgan fingerprint density at radius 1 is 1.23 bits per heavy atom. The molecule has 1 aromatic carbocycles. The minimum atomic E-state index is -4.52. The van der Waals surface area contributed by atoms with Crippen LogP contribution in [-0.2, 0) is 17.3 Å². The first-order valence-corrected chi connectivity index (χ1v) is 6.64. The molecule has 0 aliphatic rings. The maximum Gasteiger partial charge on any atom is 0.416 e. The van der Waals surface area contributed by atoms with Gasteiger partial charge >= 0.3 is 12.3 Å². The van der Waals surface area contributed by atoms with Gasteiger partial charge in [-0.25, -0.2) is 4.79 Å². The molecule has 122 valence electrons. The van der Waals surface area contributed by atoms with Crippen molar-refractivity contribution in [1.82, 2.24) is 5.32 Å². The first-order chi connectivity index (χ1) is 10.0. The number of nitrogens with one attached hydrogen (secondary N) is 1. The summed E-state index contributed by atoms with van der Waals surface area (Å²) in [7, 11) is 0. The molecule has 0 atom stereocenters. The van der Waals surface area contributed by atoms with Crippen molar-refractivity contribution in [2.75, 3.05) is 6.54 Å². The number of hydrogen-bond donors (Lipinski definition) is 1. The fourth-order valence-corrected chi connectivity index (χ4v) is 1.72. The van der Waals surface area contributed by atoms with Gasteiger partial charge in [0.05, 0.1) is 5.56 Å². The molecule has 4 nitrogen and oxygen atoms in total. The SMILES string of the molecule is CC(C)(C)OC(=O)NCCc1cc(C=O)cc(C(F)(F)F)c1. The highest BCUT2D eigenvalue weighted by Crippen LogP contribution is 2.30. The van der Waals surface area contributed by atoms with Gasteiger partial charge in [0.15, 0.2) is 0 Å². The van der Waals surface area contributed by atoms with Crippen LogP contribution in [0.3, 0.4) is 0 Å². The molecule has 0 fully saturated rings. The van der Waals surface area contributed by atoms with E-state index in [0.29, 0.717) is 11.8 Å². The van der Waals surface area contributed by atoms with E-state index in [1.165, 1.54) is 6.07 Å². The first-order valence-electron chi connectivity index (χ1n) is 6.64. The number of halogens is 3. The lowest BCUT2D eigenvalue weighted by Gasteiger charge is -2.19. The Balaban J connectivity index is 2.70. The average molecular weight is 317 g/mol. The maximum absolute atomic E-state index is 12.7. The second kappa shape index (κ2) is 6.81. The highest BCUT2D eigenvalue weighted by molar-refractivity contribution is 5.75. The van der Waals surface area contributed by atoms with E-state index in [-0.39, 0.29) is 18.5 Å². The molecule has 0 aromatic heterocycles. The minimum absolute atomic E-state index is 0.0536. The van der Waals surface area contributed by atoms with E-state index >= 15 is 0 Å². The summed E-state index contributed by atoms with van der Waals surface area (Å²) < 4.78 is 43.2. The van der Waals surface area contributed by atoms with Crippen molar-refractivity contribution >= 4 is 12.4 Å². The summed E-state index contributed by atoms with van der Waals surface area (Å²) in [6.45, 7) is 5.22. The third kappa shape index (κ3) is 6.15. The predicted molar refractivity (Wildman–Crippen MR) is 74.8 cm³/mol. The van der Waals surface area contributed by atoms with E-state index < -0.39 is 23.4 Å². The van der Waals surface area contributed by atoms with Crippen molar-refractivity contribution in [3.63, 3.8) is 0 Å². The highest BCUT2D eigenvalue weighted by Gasteiger charge is 2.31. The number of ether oxygens (including phenoxy) is 1. The Morgan fingerprint density at radius 2 is 1.86 bits per heavy atom. The average Bonchev–Trinajstić information content (AvgIpc) is 2.35. The van der Waals surface area contributed by atoms with Crippen LogP contribution in [0.1, 0.15) is 42.3 Å². The standard InChI is InChI=1S/C15H18F3NO3/c1-14(2,3)22-13(21)19-5-4-10-6-11(9-20)8-12(7-10)15(16,17)18/h6-9H,4-5H2,1-3H3,(H,19,21). The van der Waals surface area contributed by atoms with Crippen LogP contribution in [0.25, 0.3) is 0 Å². The third-order valence-electron chi connectivity index (χ3n) is 2.56. The normalized spacial score (nSPS) is 11.9. The molecule has 0 radical (unpaired) electrons. The summed E-state index contributed by atoms with van der Waals surface area (Å²) in [5.74, 6) is 0. The van der Waals surface area contributed by atoms with E-state index in [2.05, 4.69) is 5.32 Å². The maximum atomic E-state index is 12.7. The molecule has 1 aromatic rings. The number of alkyl carbamates (subject to hydrolysis) is 1. The molecule has 0 saturated carbocycles. The van der Waals surface area contributed by atoms with Gasteiger partial charge < -0.3 is 10.1 Å². The number of carbonyl (C=O) groups is 2. The number of aldehydes is 1. The Hall–Kier alpha value is -2.05. The van der Waals surface area contributed by atoms with Crippen molar-refractivity contribution in [3.8, 4) is 0 Å². The quantitative estimate of drug-likeness (QED) is 0.864. The van der Waals surface area contributed by atoms with Crippen LogP contribution in [0.5, 0.6) is 0 Å². The zero-order chi connectivity index (χ0) is 17.0. The van der Waals surface area contributed by atoms with Crippen LogP contribution < -0.4 is 5.32 Å². The summed E-state index contributed by atoms with van der Waals surface area (Å²) in [4.78, 5) is 22.1. The second-order valence-electron chi connectivity index (χ2n) is 5.76. The molecular formula is C15H18F3NO3. The zero-order valence-electron chi connectivity index (χ0n) is 12.6. The fourth-order valence-electron chi connectivity index (χ4n) is 1.72. The lowest BCUT2D eigenvalue weighted by molar-refractivity contribution is -0.137. The van der Waals surface area contributed by atoms with Gasteiger partial charge in [0.25, 0.3) is 0 Å². The van der Waals surface area contributed by atoms with Crippen molar-refractivity contribution in [1.29, 1.82) is 0 Å². The molecule has 1 amide bonds. The monoisotopic (exact) mass is 317 g/mol. The molecule has 0 spiro atoms. The molecule has 0 heterocycles. The molecule has 7 heteroatoms. The van der Waals surface area contributed by atoms with Crippen LogP contribution >= 0.6 is 0 Å². The van der Waals surface area contributed by atoms with Gasteiger partial charge in [-0.2, -0.15) is 13.2 Å². The molecule has 1 N–H and O–H groups in total. The molecule has 0 aliphatic heterocycles. The van der Waals surface area contributed by atoms with Gasteiger partial charge in [0, 0.05) is 12.1 Å². The van der Waals surface area contributed by atoms with Gasteiger partial charge in [-0.05, 0) is 51.0 Å². The summed E-state index contributed by atoms with van der Waals surface area (Å²) in [5.41, 5.74) is -1.27. The summed E-state index contributed by atoms with van der Waals surface area (Å²) >= 11 is 0. The van der Waals surface area contributed by atoms with E-state index in [0.717, 1.165) is 12.1 Å². The number of amides is 1. The second-order valence-corrected chi connectivity index (χ2v) is 5.76. The molecule has 0 bridgehead atoms. The molecule has 1 rings (SSSR count). The van der Waals surface area contributed by atoms with Gasteiger partial charge in [-0.1, -0.05) is 0 Å². The molecule has 22 heavy (non-hydrogen) atoms. The Bertz CT molecular complexity index is 548. The number of alkyl halides is 3. The van der Waals surface area contributed by atoms with Gasteiger partial charge in [0.1, 0.15) is 11.9 Å². The lowest BCUT2D eigenvalue weighted by Crippen LogP contribution is -2.33. The van der Waals surface area contributed by atoms with E-state index in [4.69, 9.17) is 4.74 Å². The number of carbonyl (C=O) groups excluding carboxylic acids is 2. The Kier molecular flexibility index (Phi) is 5.57. The smallest absolute Gasteiger partial charge is 0.416 e. The number of rotatable bonds is 4. The van der Waals surface area contributed by atoms with E-state index in [1.54, 1.807) is 20.8 Å². The van der Waals surface area contributed by atoms with Gasteiger partial charge in [-0.3, -0.25) is 4.79 Å². The van der Waals surface area contributed by atoms with Crippen LogP contribution in [-0.4, -0.2) is 24.5 Å². The van der Waals surface area contributed by atoms with Crippen molar-refractivity contribution in [2.24, 2.45) is 0 Å². The fraction of sp³-hybridized carbons (Fsp3) is 0.467. The van der Waals surface area contributed by atoms with Crippen LogP contribution in [0.2, 0.25) is 0 Å². The topological polar surface area (TPSA) is 55.4 Å². The molecule has 0 unspecified atom stereocenters. The number of benzene rings is 1.